The van der Waals surface area contributed by atoms with Crippen molar-refractivity contribution in [3.63, 3.8) is 0 Å². The van der Waals surface area contributed by atoms with Crippen LogP contribution in [0.25, 0.3) is 0 Å². The molecule has 2 N–H and O–H groups in total. The number of nitrogens with two attached hydrogens (primary N) is 1. The molecule has 2 heteroatoms. The minimum absolute atomic E-state index is 0.377. The van der Waals surface area contributed by atoms with Crippen molar-refractivity contribution in [3.05, 3.63) is 11.6 Å². The number of fused-ring (bicyclic) bond motifs is 1. The van der Waals surface area contributed by atoms with E-state index in [0.717, 1.165) is 17.8 Å². The van der Waals surface area contributed by atoms with Crippen LogP contribution in [0, 0.1) is 23.2 Å². The Hall–Kier alpha value is -0.340. The van der Waals surface area contributed by atoms with Gasteiger partial charge in [-0.2, -0.15) is 0 Å². The normalized spacial score (nSPS) is 36.5. The highest BCUT2D eigenvalue weighted by atomic mass is 15.1. The molecule has 0 spiro atoms. The van der Waals surface area contributed by atoms with Crippen molar-refractivity contribution in [1.29, 1.82) is 0 Å². The second-order valence-corrected chi connectivity index (χ2v) is 7.79. The van der Waals surface area contributed by atoms with Crippen LogP contribution in [0.3, 0.4) is 0 Å². The number of rotatable bonds is 3. The van der Waals surface area contributed by atoms with Gasteiger partial charge in [0.25, 0.3) is 0 Å². The zero-order valence-corrected chi connectivity index (χ0v) is 12.9. The number of hydrogen-bond donors (Lipinski definition) is 1. The molecule has 4 aliphatic rings. The third-order valence-corrected chi connectivity index (χ3v) is 6.36. The molecule has 2 bridgehead atoms. The van der Waals surface area contributed by atoms with Crippen LogP contribution >= 0.6 is 0 Å². The van der Waals surface area contributed by atoms with Gasteiger partial charge in [-0.1, -0.05) is 25.5 Å². The molecule has 0 aromatic heterocycles. The van der Waals surface area contributed by atoms with E-state index in [9.17, 15) is 0 Å². The molecule has 19 heavy (non-hydrogen) atoms. The van der Waals surface area contributed by atoms with E-state index in [1.807, 2.05) is 0 Å². The van der Waals surface area contributed by atoms with Crippen LogP contribution in [0.4, 0.5) is 0 Å². The lowest BCUT2D eigenvalue weighted by molar-refractivity contribution is -0.0116. The molecule has 1 saturated heterocycles. The van der Waals surface area contributed by atoms with Crippen LogP contribution in [-0.4, -0.2) is 30.6 Å². The zero-order valence-electron chi connectivity index (χ0n) is 12.9. The molecule has 1 heterocycles. The first kappa shape index (κ1) is 13.6. The summed E-state index contributed by atoms with van der Waals surface area (Å²) in [6.45, 7) is 10.8. The summed E-state index contributed by atoms with van der Waals surface area (Å²) in [7, 11) is 0. The summed E-state index contributed by atoms with van der Waals surface area (Å²) in [5, 5.41) is 0. The van der Waals surface area contributed by atoms with Gasteiger partial charge in [0.2, 0.25) is 0 Å². The number of piperidine rings is 1. The van der Waals surface area contributed by atoms with Crippen LogP contribution in [0.5, 0.6) is 0 Å². The van der Waals surface area contributed by atoms with Gasteiger partial charge in [0.1, 0.15) is 0 Å². The summed E-state index contributed by atoms with van der Waals surface area (Å²) in [6.07, 6.45) is 7.93. The molecule has 0 aromatic rings. The predicted octanol–water partition coefficient (Wildman–Crippen LogP) is 3.04. The fourth-order valence-electron chi connectivity index (χ4n) is 4.55. The van der Waals surface area contributed by atoms with Gasteiger partial charge in [-0.25, -0.2) is 0 Å². The van der Waals surface area contributed by atoms with E-state index in [0.29, 0.717) is 11.5 Å². The number of likely N-dealkylation sites (tertiary alicyclic amines) is 1. The van der Waals surface area contributed by atoms with Gasteiger partial charge in [0.15, 0.2) is 0 Å². The lowest BCUT2D eigenvalue weighted by atomic mass is 9.49. The quantitative estimate of drug-likeness (QED) is 0.792. The van der Waals surface area contributed by atoms with Crippen molar-refractivity contribution < 1.29 is 0 Å². The van der Waals surface area contributed by atoms with Crippen molar-refractivity contribution in [1.82, 2.24) is 4.90 Å². The largest absolute Gasteiger partial charge is 0.328 e. The molecule has 108 valence electrons. The van der Waals surface area contributed by atoms with Crippen molar-refractivity contribution in [2.24, 2.45) is 28.9 Å². The van der Waals surface area contributed by atoms with Crippen LogP contribution < -0.4 is 5.73 Å². The average Bonchev–Trinajstić information content (AvgIpc) is 2.39. The van der Waals surface area contributed by atoms with Gasteiger partial charge in [-0.3, -0.25) is 4.90 Å². The maximum absolute atomic E-state index is 6.03. The second-order valence-electron chi connectivity index (χ2n) is 7.79. The monoisotopic (exact) mass is 262 g/mol. The lowest BCUT2D eigenvalue weighted by Gasteiger charge is -2.57. The number of hydrogen-bond acceptors (Lipinski definition) is 2. The first-order valence-corrected chi connectivity index (χ1v) is 8.15. The summed E-state index contributed by atoms with van der Waals surface area (Å²) in [5.74, 6) is 2.59. The fraction of sp³-hybridized carbons (Fsp3) is 0.882. The first-order chi connectivity index (χ1) is 8.98. The smallest absolute Gasteiger partial charge is 0.0195 e. The Labute approximate surface area is 118 Å². The third kappa shape index (κ3) is 2.38. The van der Waals surface area contributed by atoms with Crippen LogP contribution in [0.15, 0.2) is 11.6 Å². The van der Waals surface area contributed by atoms with Gasteiger partial charge in [0, 0.05) is 12.6 Å². The van der Waals surface area contributed by atoms with E-state index in [4.69, 9.17) is 5.73 Å². The van der Waals surface area contributed by atoms with Crippen molar-refractivity contribution in [2.45, 2.75) is 52.5 Å². The Balaban J connectivity index is 1.55. The van der Waals surface area contributed by atoms with Crippen LogP contribution in [-0.2, 0) is 0 Å². The summed E-state index contributed by atoms with van der Waals surface area (Å²) in [4.78, 5) is 2.67. The van der Waals surface area contributed by atoms with E-state index in [1.165, 1.54) is 45.3 Å². The van der Waals surface area contributed by atoms with Crippen molar-refractivity contribution in [2.75, 3.05) is 19.6 Å². The Morgan fingerprint density at radius 3 is 2.58 bits per heavy atom. The molecular formula is C17H30N2. The topological polar surface area (TPSA) is 29.3 Å². The van der Waals surface area contributed by atoms with Gasteiger partial charge >= 0.3 is 0 Å². The lowest BCUT2D eigenvalue weighted by Crippen LogP contribution is -2.50. The molecule has 0 aromatic carbocycles. The molecule has 3 atom stereocenters. The summed E-state index contributed by atoms with van der Waals surface area (Å²) in [6, 6.07) is 0.377. The summed E-state index contributed by atoms with van der Waals surface area (Å²) >= 11 is 0. The summed E-state index contributed by atoms with van der Waals surface area (Å²) < 4.78 is 0. The minimum atomic E-state index is 0.377. The predicted molar refractivity (Wildman–Crippen MR) is 80.9 cm³/mol. The molecule has 0 radical (unpaired) electrons. The van der Waals surface area contributed by atoms with E-state index in [1.54, 1.807) is 5.57 Å². The Bertz CT molecular complexity index is 361. The van der Waals surface area contributed by atoms with E-state index >= 15 is 0 Å². The SMILES string of the molecule is CC(N)C1CCN(CC2=CCC3CC2C3(C)C)CC1. The Morgan fingerprint density at radius 1 is 1.37 bits per heavy atom. The van der Waals surface area contributed by atoms with Crippen LogP contribution in [0.1, 0.15) is 46.5 Å². The zero-order chi connectivity index (χ0) is 13.6. The number of allylic oxidation sites excluding steroid dienone is 1. The third-order valence-electron chi connectivity index (χ3n) is 6.36. The molecule has 1 saturated carbocycles. The molecule has 3 aliphatic carbocycles. The number of nitrogens with zero attached hydrogens (tertiary/aromatic N) is 1. The highest BCUT2D eigenvalue weighted by Crippen LogP contribution is 2.59. The highest BCUT2D eigenvalue weighted by Gasteiger charge is 2.51. The Morgan fingerprint density at radius 2 is 2.05 bits per heavy atom. The maximum Gasteiger partial charge on any atom is 0.0195 e. The van der Waals surface area contributed by atoms with Gasteiger partial charge in [-0.15, -0.1) is 0 Å². The average molecular weight is 262 g/mol. The Kier molecular flexibility index (Phi) is 3.51. The molecule has 2 nitrogen and oxygen atoms in total. The van der Waals surface area contributed by atoms with E-state index in [2.05, 4.69) is 31.7 Å². The maximum atomic E-state index is 6.03. The van der Waals surface area contributed by atoms with Crippen LogP contribution in [0.2, 0.25) is 0 Å². The molecule has 1 aliphatic heterocycles. The molecule has 0 amide bonds. The second kappa shape index (κ2) is 4.89. The van der Waals surface area contributed by atoms with E-state index in [-0.39, 0.29) is 0 Å². The van der Waals surface area contributed by atoms with E-state index < -0.39 is 0 Å². The van der Waals surface area contributed by atoms with Crippen molar-refractivity contribution >= 4 is 0 Å². The van der Waals surface area contributed by atoms with Gasteiger partial charge in [-0.05, 0) is 68.9 Å². The molecule has 3 unspecified atom stereocenters. The highest BCUT2D eigenvalue weighted by molar-refractivity contribution is 5.24. The molecule has 2 fully saturated rings. The standard InChI is InChI=1S/C17H30N2/c1-12(18)13-6-8-19(9-7-13)11-14-4-5-15-10-16(14)17(15,2)3/h4,12-13,15-16H,5-11,18H2,1-3H3. The minimum Gasteiger partial charge on any atom is -0.328 e. The molecular weight excluding hydrogens is 232 g/mol. The summed E-state index contributed by atoms with van der Waals surface area (Å²) in [5.41, 5.74) is 8.35. The van der Waals surface area contributed by atoms with Gasteiger partial charge in [0.05, 0.1) is 0 Å². The van der Waals surface area contributed by atoms with Crippen molar-refractivity contribution in [3.8, 4) is 0 Å². The fourth-order valence-corrected chi connectivity index (χ4v) is 4.55. The first-order valence-electron chi connectivity index (χ1n) is 8.15. The molecule has 4 rings (SSSR count). The van der Waals surface area contributed by atoms with Gasteiger partial charge < -0.3 is 5.73 Å².